The first-order valence-corrected chi connectivity index (χ1v) is 8.76. The Morgan fingerprint density at radius 1 is 1.41 bits per heavy atom. The van der Waals surface area contributed by atoms with Gasteiger partial charge in [-0.1, -0.05) is 6.42 Å². The summed E-state index contributed by atoms with van der Waals surface area (Å²) in [6.45, 7) is 3.81. The van der Waals surface area contributed by atoms with Crippen molar-refractivity contribution in [1.82, 2.24) is 4.98 Å². The second-order valence-electron chi connectivity index (χ2n) is 6.77. The van der Waals surface area contributed by atoms with E-state index in [9.17, 15) is 4.79 Å². The van der Waals surface area contributed by atoms with Gasteiger partial charge in [0.25, 0.3) is 0 Å². The van der Waals surface area contributed by atoms with Crippen LogP contribution in [0.5, 0.6) is 5.75 Å². The Labute approximate surface area is 139 Å². The van der Waals surface area contributed by atoms with Crippen LogP contribution < -0.4 is 4.74 Å². The van der Waals surface area contributed by atoms with Crippen molar-refractivity contribution >= 4 is 21.9 Å². The lowest BCUT2D eigenvalue weighted by atomic mass is 9.78. The van der Waals surface area contributed by atoms with Crippen LogP contribution in [0.3, 0.4) is 0 Å². The van der Waals surface area contributed by atoms with Crippen molar-refractivity contribution in [2.45, 2.75) is 58.2 Å². The van der Waals surface area contributed by atoms with Gasteiger partial charge in [-0.3, -0.25) is 4.79 Å². The average molecular weight is 368 g/mol. The third-order valence-corrected chi connectivity index (χ3v) is 5.13. The molecule has 1 unspecified atom stereocenters. The number of halogens is 1. The molecule has 22 heavy (non-hydrogen) atoms. The number of aromatic nitrogens is 1. The summed E-state index contributed by atoms with van der Waals surface area (Å²) in [4.78, 5) is 16.3. The monoisotopic (exact) mass is 367 g/mol. The first kappa shape index (κ1) is 15.8. The van der Waals surface area contributed by atoms with Crippen LogP contribution in [0.4, 0.5) is 0 Å². The molecule has 5 heteroatoms. The molecule has 0 bridgehead atoms. The van der Waals surface area contributed by atoms with Crippen molar-refractivity contribution in [3.05, 3.63) is 22.9 Å². The number of hydrogen-bond acceptors (Lipinski definition) is 4. The van der Waals surface area contributed by atoms with Crippen LogP contribution in [0.2, 0.25) is 0 Å². The van der Waals surface area contributed by atoms with Gasteiger partial charge in [0.05, 0.1) is 18.2 Å². The summed E-state index contributed by atoms with van der Waals surface area (Å²) < 4.78 is 12.2. The molecule has 1 spiro atoms. The van der Waals surface area contributed by atoms with Crippen LogP contribution in [0.1, 0.15) is 46.0 Å². The number of pyridine rings is 1. The van der Waals surface area contributed by atoms with Gasteiger partial charge < -0.3 is 9.47 Å². The van der Waals surface area contributed by atoms with Gasteiger partial charge in [-0.25, -0.2) is 4.98 Å². The predicted molar refractivity (Wildman–Crippen MR) is 86.6 cm³/mol. The van der Waals surface area contributed by atoms with E-state index in [4.69, 9.17) is 9.47 Å². The molecule has 0 saturated heterocycles. The Morgan fingerprint density at radius 2 is 2.23 bits per heavy atom. The number of nitrogens with zero attached hydrogens (tertiary/aromatic N) is 1. The number of ether oxygens (including phenoxy) is 2. The molecule has 0 aliphatic heterocycles. The van der Waals surface area contributed by atoms with E-state index in [0.717, 1.165) is 42.5 Å². The van der Waals surface area contributed by atoms with Crippen LogP contribution in [-0.4, -0.2) is 23.2 Å². The normalized spacial score (nSPS) is 30.4. The molecule has 120 valence electrons. The standard InChI is InChI=1S/C17H22BrNO3/c1-11(2)21-16(20)12-4-3-7-17(8-12)9-14(17)22-13-5-6-15(18)19-10-13/h5-6,10-12,14H,3-4,7-9H2,1-2H3/t12-,14?,17+/m0/s1. The second kappa shape index (κ2) is 6.19. The molecular weight excluding hydrogens is 346 g/mol. The largest absolute Gasteiger partial charge is 0.488 e. The molecule has 1 aromatic heterocycles. The maximum absolute atomic E-state index is 12.1. The summed E-state index contributed by atoms with van der Waals surface area (Å²) in [5, 5.41) is 0. The minimum Gasteiger partial charge on any atom is -0.488 e. The van der Waals surface area contributed by atoms with Gasteiger partial charge >= 0.3 is 5.97 Å². The summed E-state index contributed by atoms with van der Waals surface area (Å²) in [5.41, 5.74) is 0.173. The summed E-state index contributed by atoms with van der Waals surface area (Å²) in [7, 11) is 0. The minimum absolute atomic E-state index is 0.0350. The summed E-state index contributed by atoms with van der Waals surface area (Å²) in [6.07, 6.45) is 7.02. The second-order valence-corrected chi connectivity index (χ2v) is 7.58. The highest BCUT2D eigenvalue weighted by atomic mass is 79.9. The Balaban J connectivity index is 1.58. The fourth-order valence-corrected chi connectivity index (χ4v) is 3.71. The number of carbonyl (C=O) groups is 1. The van der Waals surface area contributed by atoms with Crippen molar-refractivity contribution in [3.8, 4) is 5.75 Å². The van der Waals surface area contributed by atoms with Crippen molar-refractivity contribution in [2.75, 3.05) is 0 Å². The van der Waals surface area contributed by atoms with E-state index in [2.05, 4.69) is 20.9 Å². The number of hydrogen-bond donors (Lipinski definition) is 0. The molecule has 0 amide bonds. The highest BCUT2D eigenvalue weighted by molar-refractivity contribution is 9.10. The van der Waals surface area contributed by atoms with Crippen LogP contribution >= 0.6 is 15.9 Å². The number of rotatable bonds is 4. The lowest BCUT2D eigenvalue weighted by Gasteiger charge is -2.29. The molecule has 1 aromatic rings. The third kappa shape index (κ3) is 3.45. The zero-order valence-corrected chi connectivity index (χ0v) is 14.6. The molecule has 0 N–H and O–H groups in total. The van der Waals surface area contributed by atoms with Crippen LogP contribution in [0, 0.1) is 11.3 Å². The van der Waals surface area contributed by atoms with E-state index in [1.165, 1.54) is 0 Å². The van der Waals surface area contributed by atoms with Crippen LogP contribution in [-0.2, 0) is 9.53 Å². The van der Waals surface area contributed by atoms with Crippen molar-refractivity contribution in [2.24, 2.45) is 11.3 Å². The SMILES string of the molecule is CC(C)OC(=O)[C@H]1CCC[C@]2(CC2Oc2ccc(Br)nc2)C1. The van der Waals surface area contributed by atoms with Crippen molar-refractivity contribution in [1.29, 1.82) is 0 Å². The zero-order chi connectivity index (χ0) is 15.7. The summed E-state index contributed by atoms with van der Waals surface area (Å²) in [5.74, 6) is 0.801. The predicted octanol–water partition coefficient (Wildman–Crippen LogP) is 4.12. The molecule has 2 aliphatic carbocycles. The summed E-state index contributed by atoms with van der Waals surface area (Å²) in [6, 6.07) is 3.81. The van der Waals surface area contributed by atoms with Gasteiger partial charge in [0, 0.05) is 5.41 Å². The van der Waals surface area contributed by atoms with E-state index < -0.39 is 0 Å². The Morgan fingerprint density at radius 3 is 2.91 bits per heavy atom. The molecular formula is C17H22BrNO3. The first-order chi connectivity index (χ1) is 10.5. The first-order valence-electron chi connectivity index (χ1n) is 7.97. The molecule has 4 nitrogen and oxygen atoms in total. The molecule has 2 fully saturated rings. The van der Waals surface area contributed by atoms with E-state index in [-0.39, 0.29) is 29.5 Å². The van der Waals surface area contributed by atoms with E-state index in [1.807, 2.05) is 26.0 Å². The minimum atomic E-state index is -0.0370. The maximum Gasteiger partial charge on any atom is 0.309 e. The fourth-order valence-electron chi connectivity index (χ4n) is 3.48. The maximum atomic E-state index is 12.1. The fraction of sp³-hybridized carbons (Fsp3) is 0.647. The molecule has 3 rings (SSSR count). The van der Waals surface area contributed by atoms with Gasteiger partial charge in [-0.05, 0) is 67.6 Å². The Hall–Kier alpha value is -1.10. The van der Waals surface area contributed by atoms with E-state index in [0.29, 0.717) is 0 Å². The van der Waals surface area contributed by atoms with Crippen molar-refractivity contribution < 1.29 is 14.3 Å². The van der Waals surface area contributed by atoms with Gasteiger partial charge in [0.1, 0.15) is 16.5 Å². The molecule has 0 aromatic carbocycles. The quantitative estimate of drug-likeness (QED) is 0.593. The van der Waals surface area contributed by atoms with Crippen LogP contribution in [0.25, 0.3) is 0 Å². The van der Waals surface area contributed by atoms with Crippen LogP contribution in [0.15, 0.2) is 22.9 Å². The highest BCUT2D eigenvalue weighted by Crippen LogP contribution is 2.59. The van der Waals surface area contributed by atoms with Gasteiger partial charge in [0.15, 0.2) is 0 Å². The third-order valence-electron chi connectivity index (χ3n) is 4.66. The Bertz CT molecular complexity index is 545. The zero-order valence-electron chi connectivity index (χ0n) is 13.0. The van der Waals surface area contributed by atoms with E-state index in [1.54, 1.807) is 6.20 Å². The van der Waals surface area contributed by atoms with E-state index >= 15 is 0 Å². The number of esters is 1. The highest BCUT2D eigenvalue weighted by Gasteiger charge is 2.58. The van der Waals surface area contributed by atoms with Gasteiger partial charge in [0.2, 0.25) is 0 Å². The lowest BCUT2D eigenvalue weighted by molar-refractivity contribution is -0.154. The number of carbonyl (C=O) groups excluding carboxylic acids is 1. The molecule has 2 saturated carbocycles. The Kier molecular flexibility index (Phi) is 4.44. The lowest BCUT2D eigenvalue weighted by Crippen LogP contribution is -2.29. The molecule has 3 atom stereocenters. The molecule has 1 heterocycles. The molecule has 2 aliphatic rings. The van der Waals surface area contributed by atoms with Gasteiger partial charge in [-0.15, -0.1) is 0 Å². The van der Waals surface area contributed by atoms with Crippen molar-refractivity contribution in [3.63, 3.8) is 0 Å². The molecule has 0 radical (unpaired) electrons. The topological polar surface area (TPSA) is 48.4 Å². The summed E-state index contributed by atoms with van der Waals surface area (Å²) >= 11 is 3.32. The van der Waals surface area contributed by atoms with Gasteiger partial charge in [-0.2, -0.15) is 0 Å². The average Bonchev–Trinajstić information content (AvgIpc) is 3.12. The smallest absolute Gasteiger partial charge is 0.309 e.